The lowest BCUT2D eigenvalue weighted by molar-refractivity contribution is 0.328. The van der Waals surface area contributed by atoms with Gasteiger partial charge in [0.05, 0.1) is 11.5 Å². The van der Waals surface area contributed by atoms with Crippen molar-refractivity contribution in [3.05, 3.63) is 41.0 Å². The number of rotatable bonds is 5. The van der Waals surface area contributed by atoms with Gasteiger partial charge in [0.1, 0.15) is 11.4 Å². The van der Waals surface area contributed by atoms with Gasteiger partial charge in [-0.2, -0.15) is 0 Å². The van der Waals surface area contributed by atoms with Crippen molar-refractivity contribution in [2.75, 3.05) is 11.3 Å². The minimum absolute atomic E-state index is 0.00641. The molecule has 0 aliphatic carbocycles. The van der Waals surface area contributed by atoms with Crippen molar-refractivity contribution in [2.45, 2.75) is 11.8 Å². The number of ether oxygens (including phenoxy) is 1. The van der Waals surface area contributed by atoms with Crippen molar-refractivity contribution in [1.29, 1.82) is 0 Å². The Labute approximate surface area is 131 Å². The van der Waals surface area contributed by atoms with E-state index < -0.39 is 10.0 Å². The average Bonchev–Trinajstić information content (AvgIpc) is 2.42. The molecule has 1 aromatic carbocycles. The van der Waals surface area contributed by atoms with Crippen molar-refractivity contribution in [1.82, 2.24) is 4.98 Å². The van der Waals surface area contributed by atoms with Crippen molar-refractivity contribution in [3.8, 4) is 11.6 Å². The highest BCUT2D eigenvalue weighted by Crippen LogP contribution is 2.28. The Kier molecular flexibility index (Phi) is 4.69. The van der Waals surface area contributed by atoms with E-state index in [9.17, 15) is 13.5 Å². The van der Waals surface area contributed by atoms with Gasteiger partial charge in [0.2, 0.25) is 5.88 Å². The number of aromatic hydroxyl groups is 1. The summed E-state index contributed by atoms with van der Waals surface area (Å²) in [6.45, 7) is 2.14. The largest absolute Gasteiger partial charge is 0.508 e. The number of phenolic OH excluding ortho intramolecular Hbond substituents is 1. The van der Waals surface area contributed by atoms with Gasteiger partial charge in [0.25, 0.3) is 10.0 Å². The molecule has 0 amide bonds. The first kappa shape index (κ1) is 15.6. The van der Waals surface area contributed by atoms with E-state index in [1.54, 1.807) is 13.0 Å². The Morgan fingerprint density at radius 3 is 2.62 bits per heavy atom. The van der Waals surface area contributed by atoms with E-state index in [0.29, 0.717) is 11.1 Å². The third-order valence-corrected chi connectivity index (χ3v) is 4.31. The number of anilines is 1. The Morgan fingerprint density at radius 1 is 1.33 bits per heavy atom. The predicted molar refractivity (Wildman–Crippen MR) is 82.0 cm³/mol. The van der Waals surface area contributed by atoms with Crippen molar-refractivity contribution < 1.29 is 18.3 Å². The van der Waals surface area contributed by atoms with Crippen molar-refractivity contribution >= 4 is 31.6 Å². The second-order valence-electron chi connectivity index (χ2n) is 4.04. The Morgan fingerprint density at radius 2 is 2.00 bits per heavy atom. The number of pyridine rings is 1. The zero-order valence-electron chi connectivity index (χ0n) is 11.1. The van der Waals surface area contributed by atoms with E-state index in [0.717, 1.165) is 0 Å². The highest BCUT2D eigenvalue weighted by Gasteiger charge is 2.17. The van der Waals surface area contributed by atoms with Gasteiger partial charge in [0, 0.05) is 10.7 Å². The lowest BCUT2D eigenvalue weighted by Crippen LogP contribution is -2.14. The standard InChI is InChI=1S/C13H13BrN2O4S/c1-2-20-13-12(7-9(14)8-15-13)16-21(18,19)11-5-3-10(17)4-6-11/h3-8,16-17H,2H2,1H3. The molecular formula is C13H13BrN2O4S. The molecule has 2 aromatic rings. The number of nitrogens with one attached hydrogen (secondary N) is 1. The van der Waals surface area contributed by atoms with Crippen LogP contribution in [0, 0.1) is 0 Å². The SMILES string of the molecule is CCOc1ncc(Br)cc1NS(=O)(=O)c1ccc(O)cc1. The molecule has 0 unspecified atom stereocenters. The predicted octanol–water partition coefficient (Wildman–Crippen LogP) is 2.75. The van der Waals surface area contributed by atoms with Crippen LogP contribution in [0.2, 0.25) is 0 Å². The Hall–Kier alpha value is -1.80. The summed E-state index contributed by atoms with van der Waals surface area (Å²) in [5.41, 5.74) is 0.235. The fourth-order valence-electron chi connectivity index (χ4n) is 1.58. The van der Waals surface area contributed by atoms with Crippen LogP contribution in [-0.4, -0.2) is 25.1 Å². The highest BCUT2D eigenvalue weighted by atomic mass is 79.9. The highest BCUT2D eigenvalue weighted by molar-refractivity contribution is 9.10. The van der Waals surface area contributed by atoms with Gasteiger partial charge in [0.15, 0.2) is 0 Å². The van der Waals surface area contributed by atoms with Crippen LogP contribution in [0.1, 0.15) is 6.92 Å². The van der Waals surface area contributed by atoms with Crippen molar-refractivity contribution in [2.24, 2.45) is 0 Å². The van der Waals surface area contributed by atoms with Gasteiger partial charge in [-0.15, -0.1) is 0 Å². The molecule has 0 saturated carbocycles. The monoisotopic (exact) mass is 372 g/mol. The second-order valence-corrected chi connectivity index (χ2v) is 6.64. The molecule has 0 bridgehead atoms. The van der Waals surface area contributed by atoms with E-state index in [-0.39, 0.29) is 22.2 Å². The third kappa shape index (κ3) is 3.85. The molecule has 0 saturated heterocycles. The van der Waals surface area contributed by atoms with Crippen LogP contribution in [0.25, 0.3) is 0 Å². The quantitative estimate of drug-likeness (QED) is 0.842. The molecule has 0 fully saturated rings. The maximum atomic E-state index is 12.3. The zero-order valence-corrected chi connectivity index (χ0v) is 13.5. The smallest absolute Gasteiger partial charge is 0.262 e. The number of sulfonamides is 1. The summed E-state index contributed by atoms with van der Waals surface area (Å²) in [6, 6.07) is 6.79. The molecule has 112 valence electrons. The summed E-state index contributed by atoms with van der Waals surface area (Å²) < 4.78 is 32.9. The molecule has 6 nitrogen and oxygen atoms in total. The van der Waals surface area contributed by atoms with E-state index >= 15 is 0 Å². The number of nitrogens with zero attached hydrogens (tertiary/aromatic N) is 1. The summed E-state index contributed by atoms with van der Waals surface area (Å²) in [7, 11) is -3.79. The van der Waals surface area contributed by atoms with Gasteiger partial charge < -0.3 is 9.84 Å². The maximum Gasteiger partial charge on any atom is 0.262 e. The zero-order chi connectivity index (χ0) is 15.5. The molecule has 1 heterocycles. The summed E-state index contributed by atoms with van der Waals surface area (Å²) in [4.78, 5) is 4.05. The first-order chi connectivity index (χ1) is 9.92. The minimum Gasteiger partial charge on any atom is -0.508 e. The van der Waals surface area contributed by atoms with E-state index in [1.807, 2.05) is 0 Å². The van der Waals surface area contributed by atoms with Gasteiger partial charge in [-0.3, -0.25) is 4.72 Å². The number of phenols is 1. The van der Waals surface area contributed by atoms with Crippen LogP contribution in [0.3, 0.4) is 0 Å². The molecule has 1 aromatic heterocycles. The number of hydrogen-bond acceptors (Lipinski definition) is 5. The van der Waals surface area contributed by atoms with Crippen molar-refractivity contribution in [3.63, 3.8) is 0 Å². The summed E-state index contributed by atoms with van der Waals surface area (Å²) in [6.07, 6.45) is 1.52. The number of benzene rings is 1. The fraction of sp³-hybridized carbons (Fsp3) is 0.154. The molecule has 8 heteroatoms. The van der Waals surface area contributed by atoms with E-state index in [4.69, 9.17) is 4.74 Å². The van der Waals surface area contributed by atoms with Gasteiger partial charge in [-0.25, -0.2) is 13.4 Å². The molecular weight excluding hydrogens is 360 g/mol. The van der Waals surface area contributed by atoms with Gasteiger partial charge >= 0.3 is 0 Å². The first-order valence-electron chi connectivity index (χ1n) is 6.02. The summed E-state index contributed by atoms with van der Waals surface area (Å²) in [5, 5.41) is 9.21. The van der Waals surface area contributed by atoms with Crippen LogP contribution in [0.4, 0.5) is 5.69 Å². The molecule has 0 aliphatic heterocycles. The first-order valence-corrected chi connectivity index (χ1v) is 8.30. The molecule has 2 N–H and O–H groups in total. The second kappa shape index (κ2) is 6.31. The van der Waals surface area contributed by atoms with Crippen LogP contribution >= 0.6 is 15.9 Å². The maximum absolute atomic E-state index is 12.3. The summed E-state index contributed by atoms with van der Waals surface area (Å²) in [5.74, 6) is 0.191. The summed E-state index contributed by atoms with van der Waals surface area (Å²) >= 11 is 3.23. The molecule has 0 spiro atoms. The van der Waals surface area contributed by atoms with Crippen LogP contribution in [0.15, 0.2) is 45.9 Å². The lowest BCUT2D eigenvalue weighted by Gasteiger charge is -2.12. The van der Waals surface area contributed by atoms with E-state index in [2.05, 4.69) is 25.6 Å². The molecule has 21 heavy (non-hydrogen) atoms. The molecule has 0 atom stereocenters. The average molecular weight is 373 g/mol. The molecule has 0 aliphatic rings. The minimum atomic E-state index is -3.79. The Bertz CT molecular complexity index is 732. The third-order valence-electron chi connectivity index (χ3n) is 2.49. The Balaban J connectivity index is 2.36. The normalized spacial score (nSPS) is 11.1. The number of aromatic nitrogens is 1. The number of hydrogen-bond donors (Lipinski definition) is 2. The van der Waals surface area contributed by atoms with Crippen LogP contribution in [0.5, 0.6) is 11.6 Å². The van der Waals surface area contributed by atoms with E-state index in [1.165, 1.54) is 30.5 Å². The fourth-order valence-corrected chi connectivity index (χ4v) is 2.96. The van der Waals surface area contributed by atoms with Crippen LogP contribution in [-0.2, 0) is 10.0 Å². The lowest BCUT2D eigenvalue weighted by atomic mass is 10.3. The van der Waals surface area contributed by atoms with Gasteiger partial charge in [-0.05, 0) is 53.2 Å². The molecule has 0 radical (unpaired) electrons. The van der Waals surface area contributed by atoms with Crippen LogP contribution < -0.4 is 9.46 Å². The topological polar surface area (TPSA) is 88.5 Å². The number of halogens is 1. The van der Waals surface area contributed by atoms with Gasteiger partial charge in [-0.1, -0.05) is 0 Å². The molecule has 2 rings (SSSR count).